The summed E-state index contributed by atoms with van der Waals surface area (Å²) in [6.45, 7) is -0.361. The first-order chi connectivity index (χ1) is 14.1. The van der Waals surface area contributed by atoms with E-state index >= 15 is 0 Å². The van der Waals surface area contributed by atoms with Crippen LogP contribution in [0.1, 0.15) is 23.5 Å². The minimum atomic E-state index is -4.82. The zero-order chi connectivity index (χ0) is 21.9. The van der Waals surface area contributed by atoms with Gasteiger partial charge in [0.1, 0.15) is 5.75 Å². The minimum Gasteiger partial charge on any atom is -0.481 e. The molecule has 0 aliphatic rings. The maximum absolute atomic E-state index is 13.7. The first kappa shape index (κ1) is 21.6. The van der Waals surface area contributed by atoms with Gasteiger partial charge in [0.15, 0.2) is 0 Å². The van der Waals surface area contributed by atoms with E-state index in [9.17, 15) is 22.4 Å². The van der Waals surface area contributed by atoms with Crippen molar-refractivity contribution in [1.82, 2.24) is 14.5 Å². The highest BCUT2D eigenvalue weighted by Crippen LogP contribution is 2.39. The second-order valence-corrected chi connectivity index (χ2v) is 6.76. The first-order valence-corrected chi connectivity index (χ1v) is 8.89. The van der Waals surface area contributed by atoms with Crippen LogP contribution in [0.15, 0.2) is 49.1 Å². The number of hydrogen-bond acceptors (Lipinski definition) is 4. The number of aromatic nitrogens is 3. The summed E-state index contributed by atoms with van der Waals surface area (Å²) in [5.41, 5.74) is -1.50. The van der Waals surface area contributed by atoms with Gasteiger partial charge in [0.25, 0.3) is 0 Å². The second kappa shape index (κ2) is 8.70. The number of carboxylic acids is 1. The largest absolute Gasteiger partial charge is 0.481 e. The molecule has 0 aliphatic heterocycles. The van der Waals surface area contributed by atoms with Gasteiger partial charge in [-0.1, -0.05) is 11.6 Å². The van der Waals surface area contributed by atoms with Crippen molar-refractivity contribution in [2.75, 3.05) is 0 Å². The Morgan fingerprint density at radius 2 is 1.93 bits per heavy atom. The molecule has 0 saturated carbocycles. The highest BCUT2D eigenvalue weighted by Gasteiger charge is 2.37. The van der Waals surface area contributed by atoms with E-state index in [1.54, 1.807) is 0 Å². The molecule has 0 bridgehead atoms. The van der Waals surface area contributed by atoms with E-state index in [1.807, 2.05) is 0 Å². The van der Waals surface area contributed by atoms with E-state index in [0.717, 1.165) is 23.3 Å². The lowest BCUT2D eigenvalue weighted by atomic mass is 9.92. The molecule has 30 heavy (non-hydrogen) atoms. The van der Waals surface area contributed by atoms with Gasteiger partial charge in [-0.15, -0.1) is 0 Å². The number of imidazole rings is 1. The summed E-state index contributed by atoms with van der Waals surface area (Å²) < 4.78 is 61.2. The highest BCUT2D eigenvalue weighted by molar-refractivity contribution is 6.30. The van der Waals surface area contributed by atoms with Crippen molar-refractivity contribution >= 4 is 17.6 Å². The Balaban J connectivity index is 1.99. The summed E-state index contributed by atoms with van der Waals surface area (Å²) in [6.07, 6.45) is -2.64. The number of alkyl halides is 3. The molecular formula is C19H14ClF4N3O3. The Morgan fingerprint density at radius 3 is 2.50 bits per heavy atom. The number of pyridine rings is 1. The summed E-state index contributed by atoms with van der Waals surface area (Å²) in [6, 6.07) is 6.60. The number of ether oxygens (including phenoxy) is 1. The van der Waals surface area contributed by atoms with E-state index < -0.39 is 36.0 Å². The minimum absolute atomic E-state index is 0.218. The number of rotatable bonds is 7. The zero-order valence-corrected chi connectivity index (χ0v) is 15.9. The van der Waals surface area contributed by atoms with Gasteiger partial charge in [-0.05, 0) is 29.8 Å². The van der Waals surface area contributed by atoms with Crippen molar-refractivity contribution in [3.8, 4) is 11.6 Å². The average Bonchev–Trinajstić information content (AvgIpc) is 3.07. The SMILES string of the molecule is O=C(O)CC(Cn1cncc1F)c1cnc(Oc2ccc(Cl)cc2)cc1C(F)(F)F. The van der Waals surface area contributed by atoms with Crippen molar-refractivity contribution < 1.29 is 32.2 Å². The number of carbonyl (C=O) groups is 1. The monoisotopic (exact) mass is 443 g/mol. The maximum Gasteiger partial charge on any atom is 0.416 e. The summed E-state index contributed by atoms with van der Waals surface area (Å²) in [5.74, 6) is -3.46. The van der Waals surface area contributed by atoms with E-state index in [2.05, 4.69) is 9.97 Å². The summed E-state index contributed by atoms with van der Waals surface area (Å²) in [7, 11) is 0. The van der Waals surface area contributed by atoms with Crippen LogP contribution in [0.3, 0.4) is 0 Å². The van der Waals surface area contributed by atoms with Crippen LogP contribution in [-0.2, 0) is 17.5 Å². The van der Waals surface area contributed by atoms with Crippen LogP contribution in [-0.4, -0.2) is 25.6 Å². The van der Waals surface area contributed by atoms with Crippen molar-refractivity contribution in [3.63, 3.8) is 0 Å². The Hall–Kier alpha value is -3.14. The third-order valence-corrected chi connectivity index (χ3v) is 4.44. The van der Waals surface area contributed by atoms with Gasteiger partial charge >= 0.3 is 12.1 Å². The first-order valence-electron chi connectivity index (χ1n) is 8.51. The van der Waals surface area contributed by atoms with Crippen LogP contribution < -0.4 is 4.74 Å². The molecule has 0 aliphatic carbocycles. The van der Waals surface area contributed by atoms with Gasteiger partial charge in [0.2, 0.25) is 11.8 Å². The molecule has 0 saturated heterocycles. The van der Waals surface area contributed by atoms with Gasteiger partial charge in [-0.2, -0.15) is 17.6 Å². The van der Waals surface area contributed by atoms with Gasteiger partial charge in [-0.3, -0.25) is 4.79 Å². The molecule has 1 atom stereocenters. The van der Waals surface area contributed by atoms with Crippen molar-refractivity contribution in [3.05, 3.63) is 71.2 Å². The number of nitrogens with zero attached hydrogens (tertiary/aromatic N) is 3. The maximum atomic E-state index is 13.7. The molecule has 6 nitrogen and oxygen atoms in total. The lowest BCUT2D eigenvalue weighted by Gasteiger charge is -2.21. The van der Waals surface area contributed by atoms with Crippen LogP contribution in [0.5, 0.6) is 11.6 Å². The number of aliphatic carboxylic acids is 1. The Bertz CT molecular complexity index is 1040. The molecule has 11 heteroatoms. The number of carboxylic acid groups (broad SMARTS) is 1. The fourth-order valence-electron chi connectivity index (χ4n) is 2.86. The molecule has 1 aromatic carbocycles. The molecule has 0 fully saturated rings. The molecule has 2 heterocycles. The van der Waals surface area contributed by atoms with Gasteiger partial charge < -0.3 is 14.4 Å². The molecular weight excluding hydrogens is 430 g/mol. The fourth-order valence-corrected chi connectivity index (χ4v) is 2.98. The third-order valence-electron chi connectivity index (χ3n) is 4.19. The molecule has 3 aromatic rings. The summed E-state index contributed by atoms with van der Waals surface area (Å²) in [4.78, 5) is 18.7. The average molecular weight is 444 g/mol. The second-order valence-electron chi connectivity index (χ2n) is 6.33. The van der Waals surface area contributed by atoms with Crippen LogP contribution in [0.2, 0.25) is 5.02 Å². The van der Waals surface area contributed by atoms with Gasteiger partial charge in [0, 0.05) is 29.7 Å². The Labute approximate surface area is 172 Å². The number of halogens is 5. The smallest absolute Gasteiger partial charge is 0.416 e. The zero-order valence-electron chi connectivity index (χ0n) is 15.1. The van der Waals surface area contributed by atoms with Crippen molar-refractivity contribution in [2.45, 2.75) is 25.1 Å². The van der Waals surface area contributed by atoms with Crippen LogP contribution in [0.4, 0.5) is 17.6 Å². The number of hydrogen-bond donors (Lipinski definition) is 1. The molecule has 0 radical (unpaired) electrons. The van der Waals surface area contributed by atoms with E-state index in [4.69, 9.17) is 21.4 Å². The predicted molar refractivity (Wildman–Crippen MR) is 97.9 cm³/mol. The topological polar surface area (TPSA) is 77.2 Å². The molecule has 1 N–H and O–H groups in total. The lowest BCUT2D eigenvalue weighted by Crippen LogP contribution is -2.19. The highest BCUT2D eigenvalue weighted by atomic mass is 35.5. The van der Waals surface area contributed by atoms with E-state index in [1.165, 1.54) is 24.3 Å². The number of benzene rings is 1. The van der Waals surface area contributed by atoms with E-state index in [-0.39, 0.29) is 23.7 Å². The van der Waals surface area contributed by atoms with Crippen LogP contribution in [0.25, 0.3) is 0 Å². The third kappa shape index (κ3) is 5.26. The lowest BCUT2D eigenvalue weighted by molar-refractivity contribution is -0.140. The Morgan fingerprint density at radius 1 is 1.23 bits per heavy atom. The normalized spacial score (nSPS) is 12.6. The molecule has 0 spiro atoms. The predicted octanol–water partition coefficient (Wildman–Crippen LogP) is 5.14. The van der Waals surface area contributed by atoms with Gasteiger partial charge in [-0.25, -0.2) is 9.97 Å². The van der Waals surface area contributed by atoms with Gasteiger partial charge in [0.05, 0.1) is 24.5 Å². The molecule has 3 rings (SSSR count). The molecule has 158 valence electrons. The summed E-state index contributed by atoms with van der Waals surface area (Å²) >= 11 is 5.77. The molecule has 2 aromatic heterocycles. The summed E-state index contributed by atoms with van der Waals surface area (Å²) in [5, 5.41) is 9.57. The molecule has 1 unspecified atom stereocenters. The standard InChI is InChI=1S/C19H14ClF4N3O3/c20-12-1-3-13(4-2-12)30-17-6-15(19(22,23)24)14(7-26-17)11(5-18(28)29)9-27-10-25-8-16(27)21/h1-4,6-8,10-11H,5,9H2,(H,28,29). The van der Waals surface area contributed by atoms with E-state index in [0.29, 0.717) is 11.1 Å². The Kier molecular flexibility index (Phi) is 6.25. The van der Waals surface area contributed by atoms with Crippen LogP contribution in [0, 0.1) is 5.95 Å². The van der Waals surface area contributed by atoms with Crippen molar-refractivity contribution in [2.24, 2.45) is 0 Å². The van der Waals surface area contributed by atoms with Crippen molar-refractivity contribution in [1.29, 1.82) is 0 Å². The fraction of sp³-hybridized carbons (Fsp3) is 0.211. The van der Waals surface area contributed by atoms with Crippen LogP contribution >= 0.6 is 11.6 Å². The quantitative estimate of drug-likeness (QED) is 0.512. The molecule has 0 amide bonds.